The van der Waals surface area contributed by atoms with Gasteiger partial charge in [-0.15, -0.1) is 0 Å². The molecule has 1 amide bonds. The zero-order valence-electron chi connectivity index (χ0n) is 15.6. The second-order valence-corrected chi connectivity index (χ2v) is 7.32. The van der Waals surface area contributed by atoms with E-state index in [0.29, 0.717) is 24.2 Å². The number of rotatable bonds is 6. The van der Waals surface area contributed by atoms with Crippen LogP contribution in [0.2, 0.25) is 0 Å². The molecule has 1 fully saturated rings. The van der Waals surface area contributed by atoms with Gasteiger partial charge in [-0.25, -0.2) is 0 Å². The summed E-state index contributed by atoms with van der Waals surface area (Å²) in [4.78, 5) is 12.4. The first kappa shape index (κ1) is 18.6. The molecule has 2 atom stereocenters. The average Bonchev–Trinajstić information content (AvgIpc) is 3.17. The maximum atomic E-state index is 12.4. The maximum absolute atomic E-state index is 12.4. The minimum Gasteiger partial charge on any atom is -0.349 e. The molecule has 1 aromatic heterocycles. The van der Waals surface area contributed by atoms with Gasteiger partial charge in [0, 0.05) is 25.3 Å². The Bertz CT molecular complexity index is 716. The number of aromatic nitrogens is 2. The van der Waals surface area contributed by atoms with Crippen molar-refractivity contribution in [3.05, 3.63) is 53.3 Å². The van der Waals surface area contributed by atoms with Crippen molar-refractivity contribution in [1.29, 1.82) is 0 Å². The highest BCUT2D eigenvalue weighted by Gasteiger charge is 2.18. The topological polar surface area (TPSA) is 85.0 Å². The molecule has 6 heteroatoms. The molecule has 0 aliphatic carbocycles. The van der Waals surface area contributed by atoms with E-state index in [1.165, 1.54) is 5.56 Å². The number of hydrogen-bond donors (Lipinski definition) is 3. The van der Waals surface area contributed by atoms with Crippen molar-refractivity contribution in [2.24, 2.45) is 5.73 Å². The number of nitrogens with two attached hydrogens (primary N) is 1. The van der Waals surface area contributed by atoms with Crippen LogP contribution in [-0.2, 0) is 0 Å². The molecule has 2 aromatic rings. The van der Waals surface area contributed by atoms with Gasteiger partial charge in [0.2, 0.25) is 0 Å². The van der Waals surface area contributed by atoms with E-state index in [-0.39, 0.29) is 11.9 Å². The summed E-state index contributed by atoms with van der Waals surface area (Å²) in [6.07, 6.45) is 4.11. The first-order valence-electron chi connectivity index (χ1n) is 9.44. The number of nitrogens with zero attached hydrogens (tertiary/aromatic N) is 2. The number of nitrogens with one attached hydrogen (secondary N) is 2. The molecule has 6 nitrogen and oxygen atoms in total. The van der Waals surface area contributed by atoms with Crippen molar-refractivity contribution in [3.8, 4) is 0 Å². The number of carbonyl (C=O) groups is 1. The lowest BCUT2D eigenvalue weighted by atomic mass is 9.99. The molecule has 1 aliphatic rings. The summed E-state index contributed by atoms with van der Waals surface area (Å²) in [7, 11) is 0. The second-order valence-electron chi connectivity index (χ2n) is 7.32. The molecule has 4 N–H and O–H groups in total. The molecular formula is C20H29N5O. The predicted octanol–water partition coefficient (Wildman–Crippen LogP) is 2.36. The number of amides is 1. The van der Waals surface area contributed by atoms with Gasteiger partial charge in [-0.05, 0) is 42.5 Å². The van der Waals surface area contributed by atoms with Crippen LogP contribution in [0.5, 0.6) is 0 Å². The van der Waals surface area contributed by atoms with Crippen molar-refractivity contribution in [2.75, 3.05) is 19.6 Å². The highest BCUT2D eigenvalue weighted by atomic mass is 16.1. The van der Waals surface area contributed by atoms with Gasteiger partial charge in [-0.3, -0.25) is 9.48 Å². The first-order valence-corrected chi connectivity index (χ1v) is 9.44. The predicted molar refractivity (Wildman–Crippen MR) is 103 cm³/mol. The lowest BCUT2D eigenvalue weighted by molar-refractivity contribution is 0.0945. The lowest BCUT2D eigenvalue weighted by Crippen LogP contribution is -2.33. The smallest absolute Gasteiger partial charge is 0.271 e. The van der Waals surface area contributed by atoms with Gasteiger partial charge in [-0.2, -0.15) is 5.10 Å². The Morgan fingerprint density at radius 1 is 1.31 bits per heavy atom. The molecule has 0 bridgehead atoms. The van der Waals surface area contributed by atoms with Gasteiger partial charge in [-0.1, -0.05) is 38.1 Å². The molecule has 1 aliphatic heterocycles. The fourth-order valence-corrected chi connectivity index (χ4v) is 3.26. The highest BCUT2D eigenvalue weighted by molar-refractivity contribution is 5.92. The molecule has 1 saturated heterocycles. The van der Waals surface area contributed by atoms with E-state index in [4.69, 9.17) is 5.73 Å². The lowest BCUT2D eigenvalue weighted by Gasteiger charge is -2.22. The standard InChI is InChI=1S/C20H29N5O/c1-14(2)15-5-7-16(8-6-15)18(21)13-23-20(26)19-9-11-25(24-19)17-4-3-10-22-12-17/h5-9,11,14,17-18,22H,3-4,10,12-13,21H2,1-2H3,(H,23,26). The third-order valence-electron chi connectivity index (χ3n) is 5.00. The molecule has 140 valence electrons. The Labute approximate surface area is 155 Å². The Morgan fingerprint density at radius 3 is 2.69 bits per heavy atom. The summed E-state index contributed by atoms with van der Waals surface area (Å²) in [5.74, 6) is 0.316. The summed E-state index contributed by atoms with van der Waals surface area (Å²) >= 11 is 0. The fourth-order valence-electron chi connectivity index (χ4n) is 3.26. The van der Waals surface area contributed by atoms with E-state index in [9.17, 15) is 4.79 Å². The van der Waals surface area contributed by atoms with Crippen molar-refractivity contribution >= 4 is 5.91 Å². The number of piperidine rings is 1. The maximum Gasteiger partial charge on any atom is 0.271 e. The minimum atomic E-state index is -0.232. The van der Waals surface area contributed by atoms with Crippen LogP contribution < -0.4 is 16.4 Å². The largest absolute Gasteiger partial charge is 0.349 e. The van der Waals surface area contributed by atoms with E-state index in [2.05, 4.69) is 41.7 Å². The monoisotopic (exact) mass is 355 g/mol. The van der Waals surface area contributed by atoms with Crippen LogP contribution in [-0.4, -0.2) is 35.3 Å². The van der Waals surface area contributed by atoms with Crippen LogP contribution in [0.4, 0.5) is 0 Å². The van der Waals surface area contributed by atoms with Crippen LogP contribution in [0.1, 0.15) is 66.3 Å². The molecule has 3 rings (SSSR count). The zero-order valence-corrected chi connectivity index (χ0v) is 15.6. The normalized spacial score (nSPS) is 18.7. The van der Waals surface area contributed by atoms with Crippen molar-refractivity contribution in [2.45, 2.75) is 44.7 Å². The Balaban J connectivity index is 1.54. The molecule has 0 radical (unpaired) electrons. The van der Waals surface area contributed by atoms with Gasteiger partial charge in [0.25, 0.3) is 5.91 Å². The van der Waals surface area contributed by atoms with Gasteiger partial charge >= 0.3 is 0 Å². The summed E-state index contributed by atoms with van der Waals surface area (Å²) in [6, 6.07) is 10.1. The van der Waals surface area contributed by atoms with Gasteiger partial charge < -0.3 is 16.4 Å². The summed E-state index contributed by atoms with van der Waals surface area (Å²) in [5.41, 5.74) is 8.97. The second kappa shape index (κ2) is 8.47. The van der Waals surface area contributed by atoms with Gasteiger partial charge in [0.1, 0.15) is 5.69 Å². The van der Waals surface area contributed by atoms with E-state index >= 15 is 0 Å². The van der Waals surface area contributed by atoms with Crippen LogP contribution in [0.3, 0.4) is 0 Å². The van der Waals surface area contributed by atoms with E-state index < -0.39 is 0 Å². The molecule has 0 saturated carbocycles. The molecule has 0 spiro atoms. The summed E-state index contributed by atoms with van der Waals surface area (Å²) in [5, 5.41) is 10.7. The SMILES string of the molecule is CC(C)c1ccc(C(N)CNC(=O)c2ccn(C3CCCNC3)n2)cc1. The summed E-state index contributed by atoms with van der Waals surface area (Å²) in [6.45, 7) is 6.67. The van der Waals surface area contributed by atoms with Crippen molar-refractivity contribution < 1.29 is 4.79 Å². The molecule has 2 heterocycles. The molecule has 2 unspecified atom stereocenters. The Morgan fingerprint density at radius 2 is 2.04 bits per heavy atom. The summed E-state index contributed by atoms with van der Waals surface area (Å²) < 4.78 is 1.89. The quantitative estimate of drug-likeness (QED) is 0.743. The third-order valence-corrected chi connectivity index (χ3v) is 5.00. The zero-order chi connectivity index (χ0) is 18.5. The van der Waals surface area contributed by atoms with Crippen LogP contribution in [0, 0.1) is 0 Å². The van der Waals surface area contributed by atoms with Gasteiger partial charge in [0.05, 0.1) is 6.04 Å². The third kappa shape index (κ3) is 4.51. The van der Waals surface area contributed by atoms with Crippen LogP contribution in [0.15, 0.2) is 36.5 Å². The van der Waals surface area contributed by atoms with E-state index in [1.807, 2.05) is 23.0 Å². The van der Waals surface area contributed by atoms with Crippen LogP contribution >= 0.6 is 0 Å². The van der Waals surface area contributed by atoms with Crippen molar-refractivity contribution in [3.63, 3.8) is 0 Å². The Kier molecular flexibility index (Phi) is 6.06. The average molecular weight is 355 g/mol. The highest BCUT2D eigenvalue weighted by Crippen LogP contribution is 2.18. The number of hydrogen-bond acceptors (Lipinski definition) is 4. The minimum absolute atomic E-state index is 0.179. The fraction of sp³-hybridized carbons (Fsp3) is 0.500. The Hall–Kier alpha value is -2.18. The van der Waals surface area contributed by atoms with Crippen LogP contribution in [0.25, 0.3) is 0 Å². The van der Waals surface area contributed by atoms with E-state index in [0.717, 1.165) is 31.5 Å². The van der Waals surface area contributed by atoms with Crippen molar-refractivity contribution in [1.82, 2.24) is 20.4 Å². The van der Waals surface area contributed by atoms with E-state index in [1.54, 1.807) is 6.07 Å². The first-order chi connectivity index (χ1) is 12.5. The molecule has 26 heavy (non-hydrogen) atoms. The van der Waals surface area contributed by atoms with Gasteiger partial charge in [0.15, 0.2) is 0 Å². The number of carbonyl (C=O) groups excluding carboxylic acids is 1. The molecular weight excluding hydrogens is 326 g/mol. The number of benzene rings is 1. The molecule has 1 aromatic carbocycles.